The lowest BCUT2D eigenvalue weighted by atomic mass is 9.89. The zero-order valence-electron chi connectivity index (χ0n) is 20.7. The highest BCUT2D eigenvalue weighted by atomic mass is 19.1. The lowest BCUT2D eigenvalue weighted by molar-refractivity contribution is 0.0976. The zero-order valence-corrected chi connectivity index (χ0v) is 20.7. The number of aromatic amines is 1. The minimum absolute atomic E-state index is 0.219. The van der Waals surface area contributed by atoms with Crippen LogP contribution in [0.5, 0.6) is 0 Å². The highest BCUT2D eigenvalue weighted by molar-refractivity contribution is 5.90. The van der Waals surface area contributed by atoms with Crippen molar-refractivity contribution in [2.45, 2.75) is 24.9 Å². The fourth-order valence-corrected chi connectivity index (χ4v) is 5.38. The van der Waals surface area contributed by atoms with E-state index in [1.165, 1.54) is 23.1 Å². The van der Waals surface area contributed by atoms with E-state index in [1.54, 1.807) is 24.5 Å². The number of benzene rings is 2. The van der Waals surface area contributed by atoms with Gasteiger partial charge in [-0.15, -0.1) is 0 Å². The van der Waals surface area contributed by atoms with Gasteiger partial charge >= 0.3 is 6.09 Å². The van der Waals surface area contributed by atoms with E-state index in [2.05, 4.69) is 20.1 Å². The third-order valence-corrected chi connectivity index (χ3v) is 7.38. The summed E-state index contributed by atoms with van der Waals surface area (Å²) < 4.78 is 34.1. The van der Waals surface area contributed by atoms with Crippen molar-refractivity contribution in [3.8, 4) is 22.5 Å². The second-order valence-electron chi connectivity index (χ2n) is 9.78. The summed E-state index contributed by atoms with van der Waals surface area (Å²) in [6.45, 7) is 2.74. The van der Waals surface area contributed by atoms with Gasteiger partial charge in [-0.3, -0.25) is 19.9 Å². The van der Waals surface area contributed by atoms with Gasteiger partial charge in [-0.25, -0.2) is 13.6 Å². The average molecular weight is 516 g/mol. The van der Waals surface area contributed by atoms with E-state index in [0.717, 1.165) is 31.5 Å². The molecule has 2 aromatic heterocycles. The summed E-state index contributed by atoms with van der Waals surface area (Å²) in [5, 5.41) is 6.95. The molecule has 1 N–H and O–H groups in total. The Morgan fingerprint density at radius 2 is 1.82 bits per heavy atom. The molecule has 1 unspecified atom stereocenters. The van der Waals surface area contributed by atoms with Gasteiger partial charge in [0.05, 0.1) is 29.8 Å². The van der Waals surface area contributed by atoms with Crippen molar-refractivity contribution in [1.29, 1.82) is 0 Å². The number of halogens is 2. The number of amides is 1. The van der Waals surface area contributed by atoms with Gasteiger partial charge in [-0.05, 0) is 79.9 Å². The number of rotatable bonds is 6. The number of nitrogens with one attached hydrogen (secondary N) is 1. The summed E-state index contributed by atoms with van der Waals surface area (Å²) in [5.74, 6) is -0.282. The molecule has 0 spiro atoms. The number of hydrogen-bond donors (Lipinski definition) is 1. The number of ether oxygens (including phenoxy) is 1. The van der Waals surface area contributed by atoms with Crippen molar-refractivity contribution in [3.63, 3.8) is 0 Å². The lowest BCUT2D eigenvalue weighted by Crippen LogP contribution is -2.39. The summed E-state index contributed by atoms with van der Waals surface area (Å²) in [6, 6.07) is 17.0. The number of aromatic nitrogens is 3. The van der Waals surface area contributed by atoms with Crippen LogP contribution in [0, 0.1) is 11.6 Å². The Labute approximate surface area is 219 Å². The zero-order chi connectivity index (χ0) is 26.1. The van der Waals surface area contributed by atoms with Crippen molar-refractivity contribution in [1.82, 2.24) is 20.1 Å². The summed E-state index contributed by atoms with van der Waals surface area (Å²) in [5.41, 5.74) is 3.87. The average Bonchev–Trinajstić information content (AvgIpc) is 3.57. The third-order valence-electron chi connectivity index (χ3n) is 7.38. The van der Waals surface area contributed by atoms with Gasteiger partial charge in [-0.1, -0.05) is 18.2 Å². The SMILES string of the molecule is O=C1OC(CN2CCC(c3ccc(F)cc3)CC2)CN1c1ccc(-c2[nH]ncc2-c2ccccn2)c(F)c1. The summed E-state index contributed by atoms with van der Waals surface area (Å²) in [6.07, 6.45) is 4.47. The molecule has 4 heterocycles. The molecule has 0 saturated carbocycles. The Balaban J connectivity index is 1.10. The monoisotopic (exact) mass is 515 g/mol. The van der Waals surface area contributed by atoms with Crippen LogP contribution >= 0.6 is 0 Å². The maximum atomic E-state index is 15.3. The van der Waals surface area contributed by atoms with Crippen molar-refractivity contribution < 1.29 is 18.3 Å². The molecule has 194 valence electrons. The number of hydrogen-bond acceptors (Lipinski definition) is 5. The maximum absolute atomic E-state index is 15.3. The molecule has 6 rings (SSSR count). The van der Waals surface area contributed by atoms with E-state index < -0.39 is 11.9 Å². The topological polar surface area (TPSA) is 74.3 Å². The molecule has 9 heteroatoms. The molecule has 2 fully saturated rings. The Hall–Kier alpha value is -4.11. The van der Waals surface area contributed by atoms with Gasteiger partial charge in [0.2, 0.25) is 0 Å². The standard InChI is InChI=1S/C29H27F2N5O2/c30-21-6-4-19(5-7-21)20-10-13-35(14-11-20)17-23-18-36(29(37)38-23)22-8-9-24(26(31)15-22)28-25(16-33-34-28)27-3-1-2-12-32-27/h1-9,12,15-16,20,23H,10-11,13-14,17-18H2,(H,33,34). The van der Waals surface area contributed by atoms with Gasteiger partial charge < -0.3 is 4.74 Å². The largest absolute Gasteiger partial charge is 0.443 e. The van der Waals surface area contributed by atoms with E-state index in [1.807, 2.05) is 30.3 Å². The fourth-order valence-electron chi connectivity index (χ4n) is 5.38. The van der Waals surface area contributed by atoms with E-state index in [9.17, 15) is 9.18 Å². The second kappa shape index (κ2) is 10.3. The fraction of sp³-hybridized carbons (Fsp3) is 0.276. The molecule has 7 nitrogen and oxygen atoms in total. The second-order valence-corrected chi connectivity index (χ2v) is 9.78. The van der Waals surface area contributed by atoms with Crippen molar-refractivity contribution >= 4 is 11.8 Å². The molecule has 4 aromatic rings. The molecule has 2 aliphatic rings. The molecule has 0 bridgehead atoms. The highest BCUT2D eigenvalue weighted by Crippen LogP contribution is 2.34. The third kappa shape index (κ3) is 4.89. The first-order valence-electron chi connectivity index (χ1n) is 12.8. The van der Waals surface area contributed by atoms with Gasteiger partial charge in [0, 0.05) is 23.9 Å². The smallest absolute Gasteiger partial charge is 0.414 e. The van der Waals surface area contributed by atoms with Crippen LogP contribution in [0.1, 0.15) is 24.3 Å². The number of carbonyl (C=O) groups is 1. The Morgan fingerprint density at radius 3 is 2.55 bits per heavy atom. The van der Waals surface area contributed by atoms with Crippen LogP contribution in [-0.2, 0) is 4.74 Å². The number of H-pyrrole nitrogens is 1. The molecule has 2 aromatic carbocycles. The minimum atomic E-state index is -0.473. The summed E-state index contributed by atoms with van der Waals surface area (Å²) in [7, 11) is 0. The van der Waals surface area contributed by atoms with Gasteiger partial charge in [0.15, 0.2) is 0 Å². The quantitative estimate of drug-likeness (QED) is 0.361. The Bertz CT molecular complexity index is 1420. The van der Waals surface area contributed by atoms with Gasteiger partial charge in [0.1, 0.15) is 17.7 Å². The molecule has 0 radical (unpaired) electrons. The molecular formula is C29H27F2N5O2. The predicted molar refractivity (Wildman–Crippen MR) is 140 cm³/mol. The first kappa shape index (κ1) is 24.2. The molecule has 1 atom stereocenters. The first-order chi connectivity index (χ1) is 18.5. The van der Waals surface area contributed by atoms with Gasteiger partial charge in [-0.2, -0.15) is 5.10 Å². The maximum Gasteiger partial charge on any atom is 0.414 e. The molecule has 0 aliphatic carbocycles. The number of nitrogens with zero attached hydrogens (tertiary/aromatic N) is 4. The molecule has 38 heavy (non-hydrogen) atoms. The summed E-state index contributed by atoms with van der Waals surface area (Å²) in [4.78, 5) is 20.8. The lowest BCUT2D eigenvalue weighted by Gasteiger charge is -2.33. The predicted octanol–water partition coefficient (Wildman–Crippen LogP) is 5.62. The molecular weight excluding hydrogens is 488 g/mol. The van der Waals surface area contributed by atoms with Crippen LogP contribution < -0.4 is 4.90 Å². The molecule has 2 aliphatic heterocycles. The Morgan fingerprint density at radius 1 is 1.00 bits per heavy atom. The number of carbonyl (C=O) groups excluding carboxylic acids is 1. The van der Waals surface area contributed by atoms with Crippen molar-refractivity contribution in [2.75, 3.05) is 31.1 Å². The number of pyridine rings is 1. The minimum Gasteiger partial charge on any atom is -0.443 e. The van der Waals surface area contributed by atoms with Gasteiger partial charge in [0.25, 0.3) is 0 Å². The van der Waals surface area contributed by atoms with Crippen LogP contribution in [0.3, 0.4) is 0 Å². The molecule has 2 saturated heterocycles. The van der Waals surface area contributed by atoms with Crippen LogP contribution in [-0.4, -0.2) is 58.5 Å². The van der Waals surface area contributed by atoms with Crippen LogP contribution in [0.4, 0.5) is 19.3 Å². The van der Waals surface area contributed by atoms with E-state index in [0.29, 0.717) is 47.2 Å². The number of anilines is 1. The number of piperidine rings is 1. The van der Waals surface area contributed by atoms with Crippen molar-refractivity contribution in [2.24, 2.45) is 0 Å². The van der Waals surface area contributed by atoms with E-state index >= 15 is 4.39 Å². The summed E-state index contributed by atoms with van der Waals surface area (Å²) >= 11 is 0. The highest BCUT2D eigenvalue weighted by Gasteiger charge is 2.35. The van der Waals surface area contributed by atoms with Crippen molar-refractivity contribution in [3.05, 3.63) is 90.3 Å². The number of likely N-dealkylation sites (tertiary alicyclic amines) is 1. The van der Waals surface area contributed by atoms with Crippen LogP contribution in [0.2, 0.25) is 0 Å². The molecule has 1 amide bonds. The Kier molecular flexibility index (Phi) is 6.59. The first-order valence-corrected chi connectivity index (χ1v) is 12.8. The normalized spacial score (nSPS) is 18.6. The van der Waals surface area contributed by atoms with E-state index in [-0.39, 0.29) is 11.9 Å². The van der Waals surface area contributed by atoms with Crippen LogP contribution in [0.15, 0.2) is 73.1 Å². The van der Waals surface area contributed by atoms with Crippen LogP contribution in [0.25, 0.3) is 22.5 Å². The van der Waals surface area contributed by atoms with E-state index in [4.69, 9.17) is 4.74 Å². The number of cyclic esters (lactones) is 1.